The molecule has 3 unspecified atom stereocenters. The molecule has 2 aliphatic rings. The van der Waals surface area contributed by atoms with Gasteiger partial charge in [-0.15, -0.1) is 0 Å². The summed E-state index contributed by atoms with van der Waals surface area (Å²) in [7, 11) is 0. The fraction of sp³-hybridized carbons (Fsp3) is 0.250. The van der Waals surface area contributed by atoms with E-state index >= 15 is 0 Å². The zero-order valence-corrected chi connectivity index (χ0v) is 20.4. The Bertz CT molecular complexity index is 1250. The second-order valence-electron chi connectivity index (χ2n) is 9.83. The standard InChI is InChI=1S/C32H29F2NO2/c33-28-18-10-17-27(30(28)34)31-22-36-29(26(31)19-20-35-31)21-37-32(23-11-4-1-5-12-23,24-13-6-2-7-14-24)25-15-8-3-9-16-25/h1-18,26,29,35H,19-22H2. The van der Waals surface area contributed by atoms with Crippen LogP contribution in [-0.2, 0) is 20.6 Å². The topological polar surface area (TPSA) is 30.5 Å². The zero-order chi connectivity index (χ0) is 25.3. The third-order valence-electron chi connectivity index (χ3n) is 7.94. The van der Waals surface area contributed by atoms with Gasteiger partial charge in [-0.25, -0.2) is 8.78 Å². The molecule has 4 aromatic carbocycles. The van der Waals surface area contributed by atoms with Gasteiger partial charge >= 0.3 is 0 Å². The monoisotopic (exact) mass is 497 g/mol. The fourth-order valence-electron chi connectivity index (χ4n) is 6.21. The Labute approximate surface area is 216 Å². The normalized spacial score (nSPS) is 23.2. The number of benzene rings is 4. The smallest absolute Gasteiger partial charge is 0.163 e. The molecule has 0 bridgehead atoms. The molecule has 188 valence electrons. The van der Waals surface area contributed by atoms with Crippen LogP contribution in [0.3, 0.4) is 0 Å². The number of fused-ring (bicyclic) bond motifs is 1. The summed E-state index contributed by atoms with van der Waals surface area (Å²) in [6.07, 6.45) is 0.507. The molecule has 0 radical (unpaired) electrons. The van der Waals surface area contributed by atoms with Gasteiger partial charge in [-0.2, -0.15) is 0 Å². The second-order valence-corrected chi connectivity index (χ2v) is 9.83. The van der Waals surface area contributed by atoms with E-state index in [0.29, 0.717) is 18.7 Å². The molecule has 5 heteroatoms. The highest BCUT2D eigenvalue weighted by atomic mass is 19.2. The average molecular weight is 498 g/mol. The molecule has 2 heterocycles. The molecular weight excluding hydrogens is 468 g/mol. The second kappa shape index (κ2) is 9.82. The van der Waals surface area contributed by atoms with Crippen LogP contribution in [-0.4, -0.2) is 25.9 Å². The largest absolute Gasteiger partial charge is 0.373 e. The van der Waals surface area contributed by atoms with E-state index in [1.54, 1.807) is 12.1 Å². The van der Waals surface area contributed by atoms with E-state index in [1.807, 2.05) is 54.6 Å². The van der Waals surface area contributed by atoms with Crippen LogP contribution in [0.25, 0.3) is 0 Å². The van der Waals surface area contributed by atoms with Gasteiger partial charge in [-0.1, -0.05) is 103 Å². The van der Waals surface area contributed by atoms with E-state index in [9.17, 15) is 8.78 Å². The maximum absolute atomic E-state index is 15.0. The molecule has 2 aliphatic heterocycles. The minimum atomic E-state index is -0.867. The molecule has 0 amide bonds. The van der Waals surface area contributed by atoms with Crippen molar-refractivity contribution >= 4 is 0 Å². The Hall–Kier alpha value is -3.38. The summed E-state index contributed by atoms with van der Waals surface area (Å²) in [6.45, 7) is 1.27. The van der Waals surface area contributed by atoms with E-state index in [4.69, 9.17) is 9.47 Å². The van der Waals surface area contributed by atoms with Crippen LogP contribution in [0.5, 0.6) is 0 Å². The van der Waals surface area contributed by atoms with E-state index in [-0.39, 0.29) is 18.6 Å². The lowest BCUT2D eigenvalue weighted by atomic mass is 9.78. The van der Waals surface area contributed by atoms with Gasteiger partial charge in [0.25, 0.3) is 0 Å². The van der Waals surface area contributed by atoms with Crippen molar-refractivity contribution in [3.8, 4) is 0 Å². The van der Waals surface area contributed by atoms with Crippen LogP contribution < -0.4 is 5.32 Å². The van der Waals surface area contributed by atoms with Crippen molar-refractivity contribution in [2.45, 2.75) is 23.7 Å². The summed E-state index contributed by atoms with van der Waals surface area (Å²) in [5.74, 6) is -1.70. The van der Waals surface area contributed by atoms with Gasteiger partial charge in [0.2, 0.25) is 0 Å². The third-order valence-corrected chi connectivity index (χ3v) is 7.94. The van der Waals surface area contributed by atoms with Crippen molar-refractivity contribution in [2.75, 3.05) is 19.8 Å². The highest BCUT2D eigenvalue weighted by molar-refractivity contribution is 5.47. The Balaban J connectivity index is 1.39. The van der Waals surface area contributed by atoms with Crippen LogP contribution in [0.4, 0.5) is 8.78 Å². The minimum Gasteiger partial charge on any atom is -0.373 e. The highest BCUT2D eigenvalue weighted by Crippen LogP contribution is 2.47. The van der Waals surface area contributed by atoms with Gasteiger partial charge in [-0.3, -0.25) is 0 Å². The SMILES string of the molecule is Fc1cccc(C23COC(COC(c4ccccc4)(c4ccccc4)c4ccccc4)C2CCN3)c1F. The molecule has 2 fully saturated rings. The molecule has 37 heavy (non-hydrogen) atoms. The molecule has 3 atom stereocenters. The third kappa shape index (κ3) is 3.98. The molecule has 4 aromatic rings. The molecular formula is C32H29F2NO2. The molecule has 1 N–H and O–H groups in total. The average Bonchev–Trinajstić information content (AvgIpc) is 3.53. The first-order valence-electron chi connectivity index (χ1n) is 12.8. The maximum atomic E-state index is 15.0. The molecule has 6 rings (SSSR count). The number of rotatable bonds is 7. The Kier molecular flexibility index (Phi) is 6.37. The number of hydrogen-bond donors (Lipinski definition) is 1. The van der Waals surface area contributed by atoms with Crippen molar-refractivity contribution in [1.29, 1.82) is 0 Å². The number of halogens is 2. The molecule has 0 aromatic heterocycles. The predicted molar refractivity (Wildman–Crippen MR) is 139 cm³/mol. The van der Waals surface area contributed by atoms with Crippen LogP contribution in [0, 0.1) is 17.6 Å². The highest BCUT2D eigenvalue weighted by Gasteiger charge is 2.55. The summed E-state index contributed by atoms with van der Waals surface area (Å²) >= 11 is 0. The first kappa shape index (κ1) is 24.0. The van der Waals surface area contributed by atoms with Crippen LogP contribution in [0.15, 0.2) is 109 Å². The number of ether oxygens (including phenoxy) is 2. The molecule has 0 saturated carbocycles. The van der Waals surface area contributed by atoms with E-state index in [1.165, 1.54) is 0 Å². The van der Waals surface area contributed by atoms with Crippen molar-refractivity contribution in [1.82, 2.24) is 5.32 Å². The number of hydrogen-bond acceptors (Lipinski definition) is 3. The Morgan fingerprint density at radius 3 is 1.92 bits per heavy atom. The van der Waals surface area contributed by atoms with Crippen LogP contribution in [0.1, 0.15) is 28.7 Å². The Morgan fingerprint density at radius 2 is 1.35 bits per heavy atom. The summed E-state index contributed by atoms with van der Waals surface area (Å²) in [4.78, 5) is 0. The first-order chi connectivity index (χ1) is 18.1. The summed E-state index contributed by atoms with van der Waals surface area (Å²) < 4.78 is 42.4. The van der Waals surface area contributed by atoms with Crippen LogP contribution >= 0.6 is 0 Å². The van der Waals surface area contributed by atoms with E-state index in [2.05, 4.69) is 41.7 Å². The number of nitrogens with one attached hydrogen (secondary N) is 1. The summed E-state index contributed by atoms with van der Waals surface area (Å²) in [5, 5.41) is 3.45. The van der Waals surface area contributed by atoms with Gasteiger partial charge in [0.05, 0.1) is 24.9 Å². The molecule has 2 saturated heterocycles. The summed E-state index contributed by atoms with van der Waals surface area (Å²) in [5.41, 5.74) is 1.73. The fourth-order valence-corrected chi connectivity index (χ4v) is 6.21. The van der Waals surface area contributed by atoms with Gasteiger partial charge in [0, 0.05) is 11.5 Å². The van der Waals surface area contributed by atoms with Crippen molar-refractivity contribution in [3.63, 3.8) is 0 Å². The lowest BCUT2D eigenvalue weighted by Gasteiger charge is -2.37. The quantitative estimate of drug-likeness (QED) is 0.310. The lowest BCUT2D eigenvalue weighted by molar-refractivity contribution is -0.0559. The van der Waals surface area contributed by atoms with Crippen molar-refractivity contribution < 1.29 is 18.3 Å². The zero-order valence-electron chi connectivity index (χ0n) is 20.4. The van der Waals surface area contributed by atoms with Gasteiger partial charge in [0.1, 0.15) is 5.60 Å². The van der Waals surface area contributed by atoms with Gasteiger partial charge < -0.3 is 14.8 Å². The molecule has 0 aliphatic carbocycles. The van der Waals surface area contributed by atoms with Crippen molar-refractivity contribution in [3.05, 3.63) is 143 Å². The van der Waals surface area contributed by atoms with E-state index in [0.717, 1.165) is 29.2 Å². The van der Waals surface area contributed by atoms with Crippen LogP contribution in [0.2, 0.25) is 0 Å². The summed E-state index contributed by atoms with van der Waals surface area (Å²) in [6, 6.07) is 35.0. The Morgan fingerprint density at radius 1 is 0.784 bits per heavy atom. The lowest BCUT2D eigenvalue weighted by Crippen LogP contribution is -2.44. The molecule has 3 nitrogen and oxygen atoms in total. The van der Waals surface area contributed by atoms with Gasteiger partial charge in [-0.05, 0) is 35.7 Å². The molecule has 0 spiro atoms. The predicted octanol–water partition coefficient (Wildman–Crippen LogP) is 6.18. The van der Waals surface area contributed by atoms with Crippen molar-refractivity contribution in [2.24, 2.45) is 5.92 Å². The van der Waals surface area contributed by atoms with Gasteiger partial charge in [0.15, 0.2) is 11.6 Å². The van der Waals surface area contributed by atoms with E-state index < -0.39 is 22.8 Å². The minimum absolute atomic E-state index is 0.0520. The first-order valence-corrected chi connectivity index (χ1v) is 12.8. The maximum Gasteiger partial charge on any atom is 0.163 e.